The zero-order chi connectivity index (χ0) is 12.6. The summed E-state index contributed by atoms with van der Waals surface area (Å²) in [6, 6.07) is 5.93. The van der Waals surface area contributed by atoms with E-state index in [1.165, 1.54) is 0 Å². The third-order valence-corrected chi connectivity index (χ3v) is 2.95. The van der Waals surface area contributed by atoms with E-state index in [0.717, 1.165) is 11.2 Å². The van der Waals surface area contributed by atoms with Gasteiger partial charge in [-0.25, -0.2) is 0 Å². The van der Waals surface area contributed by atoms with Gasteiger partial charge in [0.05, 0.1) is 10.9 Å². The Kier molecular flexibility index (Phi) is 3.01. The molecular formula is C14H18N2O. The first-order valence-corrected chi connectivity index (χ1v) is 6.02. The van der Waals surface area contributed by atoms with Gasteiger partial charge in [0.25, 0.3) is 5.56 Å². The second kappa shape index (κ2) is 4.32. The Bertz CT molecular complexity index is 597. The topological polar surface area (TPSA) is 34.9 Å². The van der Waals surface area contributed by atoms with Gasteiger partial charge < -0.3 is 4.57 Å². The van der Waals surface area contributed by atoms with E-state index in [-0.39, 0.29) is 11.6 Å². The molecule has 90 valence electrons. The minimum Gasteiger partial charge on any atom is -0.312 e. The molecule has 0 saturated carbocycles. The first-order valence-electron chi connectivity index (χ1n) is 6.02. The maximum Gasteiger partial charge on any atom is 0.260 e. The average molecular weight is 230 g/mol. The first-order chi connectivity index (χ1) is 8.00. The molecule has 0 amide bonds. The molecule has 3 nitrogen and oxygen atoms in total. The van der Waals surface area contributed by atoms with Crippen molar-refractivity contribution in [2.24, 2.45) is 0 Å². The van der Waals surface area contributed by atoms with Crippen LogP contribution in [-0.2, 0) is 0 Å². The fourth-order valence-electron chi connectivity index (χ4n) is 1.88. The second-order valence-corrected chi connectivity index (χ2v) is 4.95. The van der Waals surface area contributed by atoms with Gasteiger partial charge in [-0.1, -0.05) is 13.8 Å². The lowest BCUT2D eigenvalue weighted by molar-refractivity contribution is 0.582. The highest BCUT2D eigenvalue weighted by molar-refractivity contribution is 5.77. The molecular weight excluding hydrogens is 212 g/mol. The van der Waals surface area contributed by atoms with Crippen LogP contribution in [0, 0.1) is 0 Å². The van der Waals surface area contributed by atoms with Crippen LogP contribution >= 0.6 is 0 Å². The predicted octanol–water partition coefficient (Wildman–Crippen LogP) is 3.10. The van der Waals surface area contributed by atoms with Crippen LogP contribution in [0.1, 0.15) is 45.3 Å². The molecule has 0 atom stereocenters. The molecule has 0 aliphatic heterocycles. The molecule has 0 fully saturated rings. The Morgan fingerprint density at radius 3 is 2.41 bits per heavy atom. The molecule has 0 aliphatic carbocycles. The SMILES string of the molecule is CC(C)c1ccc2c(=O)n(C(C)C)ccc2n1. The maximum atomic E-state index is 12.2. The summed E-state index contributed by atoms with van der Waals surface area (Å²) in [5.41, 5.74) is 1.86. The molecule has 2 aromatic heterocycles. The molecule has 2 aromatic rings. The van der Waals surface area contributed by atoms with Gasteiger partial charge in [-0.05, 0) is 38.0 Å². The lowest BCUT2D eigenvalue weighted by Gasteiger charge is -2.11. The van der Waals surface area contributed by atoms with Crippen molar-refractivity contribution in [3.63, 3.8) is 0 Å². The molecule has 0 bridgehead atoms. The van der Waals surface area contributed by atoms with Crippen molar-refractivity contribution in [1.82, 2.24) is 9.55 Å². The molecule has 0 saturated heterocycles. The van der Waals surface area contributed by atoms with E-state index in [1.807, 2.05) is 38.2 Å². The highest BCUT2D eigenvalue weighted by atomic mass is 16.1. The number of pyridine rings is 2. The summed E-state index contributed by atoms with van der Waals surface area (Å²) in [5.74, 6) is 0.381. The summed E-state index contributed by atoms with van der Waals surface area (Å²) in [5, 5.41) is 0.700. The maximum absolute atomic E-state index is 12.2. The van der Waals surface area contributed by atoms with Crippen LogP contribution in [0.15, 0.2) is 29.2 Å². The van der Waals surface area contributed by atoms with Crippen molar-refractivity contribution >= 4 is 10.9 Å². The van der Waals surface area contributed by atoms with Gasteiger partial charge in [0.2, 0.25) is 0 Å². The molecule has 0 N–H and O–H groups in total. The lowest BCUT2D eigenvalue weighted by Crippen LogP contribution is -2.21. The fraction of sp³-hybridized carbons (Fsp3) is 0.429. The van der Waals surface area contributed by atoms with Crippen LogP contribution in [-0.4, -0.2) is 9.55 Å². The molecule has 17 heavy (non-hydrogen) atoms. The highest BCUT2D eigenvalue weighted by Crippen LogP contribution is 2.15. The fourth-order valence-corrected chi connectivity index (χ4v) is 1.88. The van der Waals surface area contributed by atoms with E-state index in [9.17, 15) is 4.79 Å². The zero-order valence-corrected chi connectivity index (χ0v) is 10.8. The van der Waals surface area contributed by atoms with Crippen LogP contribution < -0.4 is 5.56 Å². The Balaban J connectivity index is 2.69. The molecule has 0 unspecified atom stereocenters. The van der Waals surface area contributed by atoms with Crippen LogP contribution in [0.25, 0.3) is 10.9 Å². The zero-order valence-electron chi connectivity index (χ0n) is 10.8. The Morgan fingerprint density at radius 1 is 1.12 bits per heavy atom. The summed E-state index contributed by atoms with van der Waals surface area (Å²) >= 11 is 0. The standard InChI is InChI=1S/C14H18N2O/c1-9(2)12-6-5-11-13(15-12)7-8-16(10(3)4)14(11)17/h5-10H,1-4H3. The number of hydrogen-bond acceptors (Lipinski definition) is 2. The third kappa shape index (κ3) is 2.09. The summed E-state index contributed by atoms with van der Waals surface area (Å²) in [6.07, 6.45) is 1.83. The number of aromatic nitrogens is 2. The van der Waals surface area contributed by atoms with Gasteiger partial charge in [-0.15, -0.1) is 0 Å². The van der Waals surface area contributed by atoms with Crippen molar-refractivity contribution in [3.8, 4) is 0 Å². The van der Waals surface area contributed by atoms with Crippen molar-refractivity contribution in [3.05, 3.63) is 40.4 Å². The number of hydrogen-bond donors (Lipinski definition) is 0. The van der Waals surface area contributed by atoms with E-state index < -0.39 is 0 Å². The molecule has 0 spiro atoms. The van der Waals surface area contributed by atoms with Crippen molar-refractivity contribution in [1.29, 1.82) is 0 Å². The highest BCUT2D eigenvalue weighted by Gasteiger charge is 2.08. The van der Waals surface area contributed by atoms with Gasteiger partial charge in [-0.3, -0.25) is 9.78 Å². The smallest absolute Gasteiger partial charge is 0.260 e. The van der Waals surface area contributed by atoms with Gasteiger partial charge in [0.15, 0.2) is 0 Å². The predicted molar refractivity (Wildman–Crippen MR) is 70.5 cm³/mol. The van der Waals surface area contributed by atoms with Crippen LogP contribution in [0.3, 0.4) is 0 Å². The van der Waals surface area contributed by atoms with Crippen LogP contribution in [0.4, 0.5) is 0 Å². The van der Waals surface area contributed by atoms with E-state index in [4.69, 9.17) is 0 Å². The molecule has 0 aromatic carbocycles. The second-order valence-electron chi connectivity index (χ2n) is 4.95. The number of rotatable bonds is 2. The largest absolute Gasteiger partial charge is 0.312 e. The Labute approximate surface area is 101 Å². The minimum absolute atomic E-state index is 0.0420. The number of fused-ring (bicyclic) bond motifs is 1. The van der Waals surface area contributed by atoms with Gasteiger partial charge in [0.1, 0.15) is 0 Å². The first kappa shape index (κ1) is 11.8. The number of nitrogens with zero attached hydrogens (tertiary/aromatic N) is 2. The normalized spacial score (nSPS) is 11.6. The molecule has 0 aliphatic rings. The summed E-state index contributed by atoms with van der Waals surface area (Å²) in [7, 11) is 0. The minimum atomic E-state index is 0.0420. The van der Waals surface area contributed by atoms with E-state index in [2.05, 4.69) is 18.8 Å². The van der Waals surface area contributed by atoms with Crippen LogP contribution in [0.5, 0.6) is 0 Å². The van der Waals surface area contributed by atoms with E-state index in [1.54, 1.807) is 4.57 Å². The van der Waals surface area contributed by atoms with Crippen molar-refractivity contribution in [2.75, 3.05) is 0 Å². The molecule has 2 rings (SSSR count). The van der Waals surface area contributed by atoms with Gasteiger partial charge in [-0.2, -0.15) is 0 Å². The van der Waals surface area contributed by atoms with Gasteiger partial charge in [0, 0.05) is 17.9 Å². The monoisotopic (exact) mass is 230 g/mol. The van der Waals surface area contributed by atoms with Gasteiger partial charge >= 0.3 is 0 Å². The Morgan fingerprint density at radius 2 is 1.82 bits per heavy atom. The van der Waals surface area contributed by atoms with Crippen molar-refractivity contribution < 1.29 is 0 Å². The molecule has 2 heterocycles. The molecule has 0 radical (unpaired) electrons. The third-order valence-electron chi connectivity index (χ3n) is 2.95. The molecule has 3 heteroatoms. The van der Waals surface area contributed by atoms with E-state index >= 15 is 0 Å². The average Bonchev–Trinajstić information content (AvgIpc) is 2.28. The quantitative estimate of drug-likeness (QED) is 0.794. The lowest BCUT2D eigenvalue weighted by atomic mass is 10.1. The summed E-state index contributed by atoms with van der Waals surface area (Å²) in [6.45, 7) is 8.21. The summed E-state index contributed by atoms with van der Waals surface area (Å²) in [4.78, 5) is 16.7. The Hall–Kier alpha value is -1.64. The van der Waals surface area contributed by atoms with E-state index in [0.29, 0.717) is 11.3 Å². The summed E-state index contributed by atoms with van der Waals surface area (Å²) < 4.78 is 1.74. The van der Waals surface area contributed by atoms with Crippen LogP contribution in [0.2, 0.25) is 0 Å². The van der Waals surface area contributed by atoms with Crippen molar-refractivity contribution in [2.45, 2.75) is 39.7 Å².